The molecule has 0 aliphatic heterocycles. The van der Waals surface area contributed by atoms with E-state index in [1.54, 1.807) is 6.07 Å². The molecule has 0 aliphatic rings. The molecule has 0 aliphatic carbocycles. The van der Waals surface area contributed by atoms with E-state index >= 15 is 0 Å². The largest absolute Gasteiger partial charge is 0.486 e. The summed E-state index contributed by atoms with van der Waals surface area (Å²) in [5.41, 5.74) is 5.87. The summed E-state index contributed by atoms with van der Waals surface area (Å²) >= 11 is 5.62. The minimum absolute atomic E-state index is 0.0000591. The van der Waals surface area contributed by atoms with E-state index in [0.29, 0.717) is 5.56 Å². The molecule has 7 heteroatoms. The zero-order chi connectivity index (χ0) is 14.7. The third-order valence-electron chi connectivity index (χ3n) is 2.67. The summed E-state index contributed by atoms with van der Waals surface area (Å²) in [5.74, 6) is -0.721. The maximum atomic E-state index is 13.6. The predicted molar refractivity (Wildman–Crippen MR) is 73.3 cm³/mol. The van der Waals surface area contributed by atoms with Crippen LogP contribution in [0.5, 0.6) is 5.75 Å². The molecule has 2 aromatic rings. The van der Waals surface area contributed by atoms with Crippen LogP contribution in [0, 0.1) is 15.9 Å². The number of nitrogens with two attached hydrogens (primary N) is 1. The van der Waals surface area contributed by atoms with Gasteiger partial charge in [-0.05, 0) is 12.1 Å². The van der Waals surface area contributed by atoms with Gasteiger partial charge in [0.25, 0.3) is 5.69 Å². The van der Waals surface area contributed by atoms with Crippen LogP contribution >= 0.6 is 11.6 Å². The summed E-state index contributed by atoms with van der Waals surface area (Å²) in [7, 11) is 0. The molecular formula is C13H10ClFN2O3. The van der Waals surface area contributed by atoms with Gasteiger partial charge in [0.2, 0.25) is 0 Å². The molecule has 2 aromatic carbocycles. The van der Waals surface area contributed by atoms with Crippen LogP contribution in [0.25, 0.3) is 0 Å². The molecule has 0 fully saturated rings. The minimum Gasteiger partial charge on any atom is -0.486 e. The van der Waals surface area contributed by atoms with E-state index in [1.165, 1.54) is 30.3 Å². The highest BCUT2D eigenvalue weighted by molar-refractivity contribution is 6.30. The lowest BCUT2D eigenvalue weighted by atomic mass is 10.1. The first-order valence-corrected chi connectivity index (χ1v) is 5.97. The highest BCUT2D eigenvalue weighted by Gasteiger charge is 2.15. The van der Waals surface area contributed by atoms with Crippen molar-refractivity contribution < 1.29 is 14.1 Å². The Hall–Kier alpha value is -2.34. The molecule has 2 N–H and O–H groups in total. The molecule has 5 nitrogen and oxygen atoms in total. The van der Waals surface area contributed by atoms with Gasteiger partial charge in [0, 0.05) is 11.6 Å². The number of ether oxygens (including phenoxy) is 1. The van der Waals surface area contributed by atoms with E-state index in [1.807, 2.05) is 0 Å². The Labute approximate surface area is 118 Å². The Morgan fingerprint density at radius 3 is 2.70 bits per heavy atom. The van der Waals surface area contributed by atoms with Gasteiger partial charge in [0.15, 0.2) is 11.6 Å². The van der Waals surface area contributed by atoms with Crippen molar-refractivity contribution in [1.29, 1.82) is 0 Å². The van der Waals surface area contributed by atoms with E-state index < -0.39 is 10.7 Å². The number of anilines is 1. The molecule has 20 heavy (non-hydrogen) atoms. The molecule has 0 atom stereocenters. The van der Waals surface area contributed by atoms with Crippen LogP contribution in [0.15, 0.2) is 36.4 Å². The Bertz CT molecular complexity index is 664. The number of nitro benzene ring substituents is 1. The highest BCUT2D eigenvalue weighted by atomic mass is 35.5. The van der Waals surface area contributed by atoms with E-state index in [4.69, 9.17) is 22.1 Å². The maximum absolute atomic E-state index is 13.6. The first-order chi connectivity index (χ1) is 9.50. The molecule has 0 unspecified atom stereocenters. The zero-order valence-corrected chi connectivity index (χ0v) is 10.9. The van der Waals surface area contributed by atoms with Crippen LogP contribution in [0.1, 0.15) is 5.56 Å². The Balaban J connectivity index is 2.21. The average Bonchev–Trinajstić information content (AvgIpc) is 2.41. The van der Waals surface area contributed by atoms with Crippen LogP contribution in [-0.4, -0.2) is 4.92 Å². The van der Waals surface area contributed by atoms with E-state index in [2.05, 4.69) is 0 Å². The molecular weight excluding hydrogens is 287 g/mol. The van der Waals surface area contributed by atoms with E-state index in [9.17, 15) is 14.5 Å². The molecule has 104 valence electrons. The zero-order valence-electron chi connectivity index (χ0n) is 10.2. The first-order valence-electron chi connectivity index (χ1n) is 5.59. The minimum atomic E-state index is -0.682. The second-order valence-corrected chi connectivity index (χ2v) is 4.35. The highest BCUT2D eigenvalue weighted by Crippen LogP contribution is 2.28. The number of rotatable bonds is 4. The summed E-state index contributed by atoms with van der Waals surface area (Å²) < 4.78 is 18.9. The van der Waals surface area contributed by atoms with Gasteiger partial charge >= 0.3 is 0 Å². The molecule has 0 amide bonds. The summed E-state index contributed by atoms with van der Waals surface area (Å²) in [5, 5.41) is 10.7. The molecule has 0 heterocycles. The van der Waals surface area contributed by atoms with Crippen molar-refractivity contribution in [3.05, 3.63) is 62.9 Å². The topological polar surface area (TPSA) is 78.4 Å². The molecule has 0 aromatic heterocycles. The van der Waals surface area contributed by atoms with Crippen LogP contribution in [-0.2, 0) is 6.61 Å². The number of benzene rings is 2. The number of nitrogen functional groups attached to an aromatic ring is 1. The average molecular weight is 297 g/mol. The van der Waals surface area contributed by atoms with Gasteiger partial charge in [-0.3, -0.25) is 10.1 Å². The number of para-hydroxylation sites is 1. The van der Waals surface area contributed by atoms with Crippen LogP contribution in [0.2, 0.25) is 5.02 Å². The third-order valence-corrected chi connectivity index (χ3v) is 2.96. The molecule has 0 bridgehead atoms. The second-order valence-electron chi connectivity index (χ2n) is 3.95. The lowest BCUT2D eigenvalue weighted by molar-refractivity contribution is -0.384. The fourth-order valence-corrected chi connectivity index (χ4v) is 1.80. The Morgan fingerprint density at radius 2 is 2.00 bits per heavy atom. The molecule has 0 saturated heterocycles. The van der Waals surface area contributed by atoms with Gasteiger partial charge in [-0.1, -0.05) is 29.8 Å². The van der Waals surface area contributed by atoms with E-state index in [0.717, 1.165) is 0 Å². The van der Waals surface area contributed by atoms with Crippen molar-refractivity contribution in [2.24, 2.45) is 0 Å². The summed E-state index contributed by atoms with van der Waals surface area (Å²) in [6.45, 7) is -0.0925. The number of hydrogen-bond acceptors (Lipinski definition) is 4. The number of hydrogen-bond donors (Lipinski definition) is 1. The van der Waals surface area contributed by atoms with Crippen molar-refractivity contribution in [3.8, 4) is 5.75 Å². The summed E-state index contributed by atoms with van der Waals surface area (Å²) in [4.78, 5) is 10.2. The Kier molecular flexibility index (Phi) is 4.05. The van der Waals surface area contributed by atoms with Gasteiger partial charge in [-0.2, -0.15) is 0 Å². The monoisotopic (exact) mass is 296 g/mol. The first kappa shape index (κ1) is 14.1. The van der Waals surface area contributed by atoms with Crippen molar-refractivity contribution in [1.82, 2.24) is 0 Å². The molecule has 2 rings (SSSR count). The van der Waals surface area contributed by atoms with E-state index in [-0.39, 0.29) is 28.8 Å². The standard InChI is InChI=1S/C13H10ClFN2O3/c14-9-4-2-6-11(12(9)15)20-7-8-3-1-5-10(13(8)16)17(18)19/h1-6H,7,16H2. The van der Waals surface area contributed by atoms with Crippen LogP contribution < -0.4 is 10.5 Å². The number of halogens is 2. The SMILES string of the molecule is Nc1c(COc2cccc(Cl)c2F)cccc1[N+](=O)[O-]. The molecule has 0 saturated carbocycles. The fraction of sp³-hybridized carbons (Fsp3) is 0.0769. The Morgan fingerprint density at radius 1 is 1.30 bits per heavy atom. The number of nitrogens with zero attached hydrogens (tertiary/aromatic N) is 1. The smallest absolute Gasteiger partial charge is 0.292 e. The van der Waals surface area contributed by atoms with Gasteiger partial charge in [-0.15, -0.1) is 0 Å². The number of nitro groups is 1. The molecule has 0 spiro atoms. The van der Waals surface area contributed by atoms with Crippen LogP contribution in [0.4, 0.5) is 15.8 Å². The van der Waals surface area contributed by atoms with Crippen molar-refractivity contribution >= 4 is 23.0 Å². The quantitative estimate of drug-likeness (QED) is 0.531. The summed E-state index contributed by atoms with van der Waals surface area (Å²) in [6.07, 6.45) is 0. The van der Waals surface area contributed by atoms with Crippen molar-refractivity contribution in [3.63, 3.8) is 0 Å². The normalized spacial score (nSPS) is 10.3. The van der Waals surface area contributed by atoms with Gasteiger partial charge < -0.3 is 10.5 Å². The van der Waals surface area contributed by atoms with Crippen molar-refractivity contribution in [2.75, 3.05) is 5.73 Å². The second kappa shape index (κ2) is 5.75. The third kappa shape index (κ3) is 2.80. The van der Waals surface area contributed by atoms with Gasteiger partial charge in [0.1, 0.15) is 12.3 Å². The van der Waals surface area contributed by atoms with Crippen molar-refractivity contribution in [2.45, 2.75) is 6.61 Å². The maximum Gasteiger partial charge on any atom is 0.292 e. The summed E-state index contributed by atoms with van der Waals surface area (Å²) in [6, 6.07) is 8.70. The van der Waals surface area contributed by atoms with Crippen LogP contribution in [0.3, 0.4) is 0 Å². The fourth-order valence-electron chi connectivity index (χ4n) is 1.64. The lowest BCUT2D eigenvalue weighted by Gasteiger charge is -2.09. The lowest BCUT2D eigenvalue weighted by Crippen LogP contribution is -2.04. The van der Waals surface area contributed by atoms with Gasteiger partial charge in [-0.25, -0.2) is 4.39 Å². The molecule has 0 radical (unpaired) electrons. The predicted octanol–water partition coefficient (Wildman–Crippen LogP) is 3.55. The van der Waals surface area contributed by atoms with Gasteiger partial charge in [0.05, 0.1) is 9.95 Å².